The molecule has 0 fully saturated rings. The Morgan fingerprint density at radius 3 is 2.43 bits per heavy atom. The zero-order valence-electron chi connectivity index (χ0n) is 8.93. The lowest BCUT2D eigenvalue weighted by molar-refractivity contribution is 1.17. The number of rotatable bonds is 3. The highest BCUT2D eigenvalue weighted by molar-refractivity contribution is 5.68. The van der Waals surface area contributed by atoms with Crippen LogP contribution in [-0.4, -0.2) is 0 Å². The van der Waals surface area contributed by atoms with Gasteiger partial charge in [0.05, 0.1) is 0 Å². The minimum absolute atomic E-state index is 0.642. The number of aryl methyl sites for hydroxylation is 2. The van der Waals surface area contributed by atoms with E-state index in [1.807, 2.05) is 6.08 Å². The minimum Gasteiger partial charge on any atom is -0.399 e. The van der Waals surface area contributed by atoms with E-state index in [4.69, 9.17) is 5.73 Å². The summed E-state index contributed by atoms with van der Waals surface area (Å²) in [6, 6.07) is 4.19. The van der Waals surface area contributed by atoms with E-state index >= 15 is 0 Å². The molecule has 0 radical (unpaired) electrons. The Hall–Kier alpha value is -1.50. The Labute approximate surface area is 85.9 Å². The molecule has 0 unspecified atom stereocenters. The minimum atomic E-state index is 0.642. The molecule has 0 saturated carbocycles. The third-order valence-electron chi connectivity index (χ3n) is 2.43. The largest absolute Gasteiger partial charge is 0.399 e. The smallest absolute Gasteiger partial charge is 0.0320 e. The second kappa shape index (κ2) is 4.14. The van der Waals surface area contributed by atoms with Gasteiger partial charge in [-0.1, -0.05) is 24.8 Å². The molecule has 74 valence electrons. The van der Waals surface area contributed by atoms with E-state index in [1.54, 1.807) is 0 Å². The van der Waals surface area contributed by atoms with E-state index in [1.165, 1.54) is 16.7 Å². The number of allylic oxidation sites excluding steroid dienone is 1. The van der Waals surface area contributed by atoms with Gasteiger partial charge in [0.1, 0.15) is 0 Å². The van der Waals surface area contributed by atoms with Gasteiger partial charge in [-0.25, -0.2) is 0 Å². The van der Waals surface area contributed by atoms with E-state index < -0.39 is 0 Å². The van der Waals surface area contributed by atoms with Crippen molar-refractivity contribution in [3.05, 3.63) is 53.6 Å². The molecule has 0 heterocycles. The molecule has 0 saturated heterocycles. The summed E-state index contributed by atoms with van der Waals surface area (Å²) < 4.78 is 0. The van der Waals surface area contributed by atoms with Crippen molar-refractivity contribution in [2.24, 2.45) is 5.73 Å². The summed E-state index contributed by atoms with van der Waals surface area (Å²) in [4.78, 5) is 0. The first-order valence-electron chi connectivity index (χ1n) is 4.72. The fourth-order valence-corrected chi connectivity index (χ4v) is 1.72. The maximum Gasteiger partial charge on any atom is 0.0320 e. The molecule has 14 heavy (non-hydrogen) atoms. The molecule has 2 N–H and O–H groups in total. The molecule has 0 aromatic heterocycles. The average Bonchev–Trinajstić information content (AvgIpc) is 2.11. The summed E-state index contributed by atoms with van der Waals surface area (Å²) >= 11 is 0. The summed E-state index contributed by atoms with van der Waals surface area (Å²) in [5, 5.41) is 0. The Bertz CT molecular complexity index is 375. The summed E-state index contributed by atoms with van der Waals surface area (Å²) in [6.45, 7) is 11.7. The maximum atomic E-state index is 5.79. The molecule has 0 atom stereocenters. The summed E-state index contributed by atoms with van der Waals surface area (Å²) in [5.41, 5.74) is 11.2. The molecule has 1 rings (SSSR count). The van der Waals surface area contributed by atoms with Gasteiger partial charge in [0.15, 0.2) is 0 Å². The summed E-state index contributed by atoms with van der Waals surface area (Å²) in [6.07, 6.45) is 2.74. The molecule has 1 heteroatoms. The third-order valence-corrected chi connectivity index (χ3v) is 2.43. The van der Waals surface area contributed by atoms with Crippen molar-refractivity contribution >= 4 is 5.70 Å². The highest BCUT2D eigenvalue weighted by atomic mass is 14.6. The first kappa shape index (κ1) is 10.6. The zero-order valence-corrected chi connectivity index (χ0v) is 8.93. The predicted octanol–water partition coefficient (Wildman–Crippen LogP) is 2.96. The van der Waals surface area contributed by atoms with Gasteiger partial charge >= 0.3 is 0 Å². The van der Waals surface area contributed by atoms with E-state index in [0.717, 1.165) is 12.0 Å². The molecule has 0 bridgehead atoms. The van der Waals surface area contributed by atoms with Crippen LogP contribution >= 0.6 is 0 Å². The lowest BCUT2D eigenvalue weighted by atomic mass is 9.93. The van der Waals surface area contributed by atoms with Gasteiger partial charge in [-0.05, 0) is 37.0 Å². The van der Waals surface area contributed by atoms with Crippen LogP contribution in [0.15, 0.2) is 31.4 Å². The van der Waals surface area contributed by atoms with Crippen molar-refractivity contribution in [2.75, 3.05) is 0 Å². The fraction of sp³-hybridized carbons (Fsp3) is 0.231. The molecule has 0 aliphatic heterocycles. The second-order valence-electron chi connectivity index (χ2n) is 3.57. The van der Waals surface area contributed by atoms with Crippen LogP contribution in [-0.2, 0) is 6.42 Å². The Morgan fingerprint density at radius 2 is 1.93 bits per heavy atom. The number of hydrogen-bond acceptors (Lipinski definition) is 1. The monoisotopic (exact) mass is 187 g/mol. The maximum absolute atomic E-state index is 5.79. The van der Waals surface area contributed by atoms with Gasteiger partial charge in [-0.2, -0.15) is 0 Å². The number of nitrogens with two attached hydrogens (primary N) is 1. The molecular formula is C13H17N. The molecule has 1 aromatic carbocycles. The molecule has 0 aliphatic rings. The van der Waals surface area contributed by atoms with Gasteiger partial charge in [-0.3, -0.25) is 0 Å². The first-order valence-corrected chi connectivity index (χ1v) is 4.72. The van der Waals surface area contributed by atoms with Gasteiger partial charge in [-0.15, -0.1) is 6.58 Å². The zero-order chi connectivity index (χ0) is 10.7. The molecular weight excluding hydrogens is 170 g/mol. The highest BCUT2D eigenvalue weighted by Gasteiger charge is 2.08. The molecule has 0 amide bonds. The van der Waals surface area contributed by atoms with Crippen molar-refractivity contribution in [2.45, 2.75) is 20.3 Å². The standard InChI is InChI=1S/C13H17N/c1-5-6-12-9(2)7-8-10(3)13(12)11(4)14/h5,7-8H,1,4,6,14H2,2-3H3. The van der Waals surface area contributed by atoms with Gasteiger partial charge < -0.3 is 5.73 Å². The van der Waals surface area contributed by atoms with Crippen molar-refractivity contribution in [1.82, 2.24) is 0 Å². The third kappa shape index (κ3) is 1.87. The predicted molar refractivity (Wildman–Crippen MR) is 63.0 cm³/mol. The highest BCUT2D eigenvalue weighted by Crippen LogP contribution is 2.23. The van der Waals surface area contributed by atoms with E-state index in [0.29, 0.717) is 5.70 Å². The van der Waals surface area contributed by atoms with E-state index in [9.17, 15) is 0 Å². The Morgan fingerprint density at radius 1 is 1.36 bits per heavy atom. The molecule has 0 spiro atoms. The molecule has 1 nitrogen and oxygen atoms in total. The molecule has 1 aromatic rings. The van der Waals surface area contributed by atoms with Crippen LogP contribution in [0.3, 0.4) is 0 Å². The van der Waals surface area contributed by atoms with Gasteiger partial charge in [0.2, 0.25) is 0 Å². The molecule has 0 aliphatic carbocycles. The van der Waals surface area contributed by atoms with Crippen LogP contribution < -0.4 is 5.73 Å². The Balaban J connectivity index is 3.40. The van der Waals surface area contributed by atoms with Crippen molar-refractivity contribution in [1.29, 1.82) is 0 Å². The SMILES string of the molecule is C=CCc1c(C)ccc(C)c1C(=C)N. The van der Waals surface area contributed by atoms with E-state index in [2.05, 4.69) is 39.1 Å². The normalized spacial score (nSPS) is 9.86. The van der Waals surface area contributed by atoms with Crippen molar-refractivity contribution < 1.29 is 0 Å². The quantitative estimate of drug-likeness (QED) is 0.723. The fourth-order valence-electron chi connectivity index (χ4n) is 1.72. The Kier molecular flexibility index (Phi) is 3.13. The van der Waals surface area contributed by atoms with Crippen LogP contribution in [0.25, 0.3) is 5.70 Å². The topological polar surface area (TPSA) is 26.0 Å². The number of benzene rings is 1. The van der Waals surface area contributed by atoms with Crippen LogP contribution in [0.2, 0.25) is 0 Å². The lowest BCUT2D eigenvalue weighted by Crippen LogP contribution is -2.03. The average molecular weight is 187 g/mol. The van der Waals surface area contributed by atoms with Crippen molar-refractivity contribution in [3.63, 3.8) is 0 Å². The van der Waals surface area contributed by atoms with E-state index in [-0.39, 0.29) is 0 Å². The van der Waals surface area contributed by atoms with Crippen LogP contribution in [0.5, 0.6) is 0 Å². The van der Waals surface area contributed by atoms with Crippen LogP contribution in [0, 0.1) is 13.8 Å². The van der Waals surface area contributed by atoms with Crippen LogP contribution in [0.1, 0.15) is 22.3 Å². The summed E-state index contributed by atoms with van der Waals surface area (Å²) in [5.74, 6) is 0. The first-order chi connectivity index (χ1) is 6.57. The van der Waals surface area contributed by atoms with Crippen LogP contribution in [0.4, 0.5) is 0 Å². The van der Waals surface area contributed by atoms with Gasteiger partial charge in [0.25, 0.3) is 0 Å². The van der Waals surface area contributed by atoms with Gasteiger partial charge in [0, 0.05) is 11.3 Å². The second-order valence-corrected chi connectivity index (χ2v) is 3.57. The number of hydrogen-bond donors (Lipinski definition) is 1. The summed E-state index contributed by atoms with van der Waals surface area (Å²) in [7, 11) is 0. The lowest BCUT2D eigenvalue weighted by Gasteiger charge is -2.13. The van der Waals surface area contributed by atoms with Crippen molar-refractivity contribution in [3.8, 4) is 0 Å².